The molecule has 2 saturated heterocycles. The summed E-state index contributed by atoms with van der Waals surface area (Å²) >= 11 is 0. The van der Waals surface area contributed by atoms with Crippen LogP contribution < -0.4 is 4.90 Å². The second-order valence-corrected chi connectivity index (χ2v) is 8.18. The summed E-state index contributed by atoms with van der Waals surface area (Å²) in [6.07, 6.45) is 5.95. The SMILES string of the molecule is O=C(c1ccccc1)N1CCC2(CC1)CCN(c1ccc(-c3cn[nH]c3)cc1)C2=O. The van der Waals surface area contributed by atoms with Crippen LogP contribution in [0.15, 0.2) is 67.0 Å². The number of aromatic nitrogens is 2. The van der Waals surface area contributed by atoms with E-state index in [0.717, 1.165) is 42.6 Å². The quantitative estimate of drug-likeness (QED) is 0.728. The topological polar surface area (TPSA) is 69.3 Å². The highest BCUT2D eigenvalue weighted by molar-refractivity contribution is 6.00. The molecule has 1 N–H and O–H groups in total. The Morgan fingerprint density at radius 2 is 1.60 bits per heavy atom. The van der Waals surface area contributed by atoms with Crippen molar-refractivity contribution in [1.29, 1.82) is 0 Å². The normalized spacial score (nSPS) is 18.2. The third-order valence-corrected chi connectivity index (χ3v) is 6.55. The lowest BCUT2D eigenvalue weighted by molar-refractivity contribution is -0.127. The number of hydrogen-bond donors (Lipinski definition) is 1. The Hall–Kier alpha value is -3.41. The van der Waals surface area contributed by atoms with Gasteiger partial charge in [-0.25, -0.2) is 0 Å². The van der Waals surface area contributed by atoms with Crippen LogP contribution in [-0.4, -0.2) is 46.5 Å². The minimum absolute atomic E-state index is 0.0580. The summed E-state index contributed by atoms with van der Waals surface area (Å²) in [6, 6.07) is 17.4. The summed E-state index contributed by atoms with van der Waals surface area (Å²) < 4.78 is 0. The Balaban J connectivity index is 1.27. The molecule has 0 aliphatic carbocycles. The molecule has 30 heavy (non-hydrogen) atoms. The molecule has 2 aliphatic heterocycles. The van der Waals surface area contributed by atoms with E-state index in [1.165, 1.54) is 0 Å². The Bertz CT molecular complexity index is 1040. The average Bonchev–Trinajstić information content (AvgIpc) is 3.44. The Labute approximate surface area is 175 Å². The lowest BCUT2D eigenvalue weighted by Gasteiger charge is -2.38. The fourth-order valence-corrected chi connectivity index (χ4v) is 4.67. The molecular formula is C24H24N4O2. The van der Waals surface area contributed by atoms with E-state index in [-0.39, 0.29) is 17.2 Å². The maximum absolute atomic E-state index is 13.4. The highest BCUT2D eigenvalue weighted by atomic mass is 16.2. The molecule has 0 bridgehead atoms. The zero-order valence-corrected chi connectivity index (χ0v) is 16.8. The molecule has 2 amide bonds. The van der Waals surface area contributed by atoms with E-state index >= 15 is 0 Å². The molecule has 3 heterocycles. The molecule has 0 atom stereocenters. The van der Waals surface area contributed by atoms with E-state index in [4.69, 9.17) is 0 Å². The predicted molar refractivity (Wildman–Crippen MR) is 115 cm³/mol. The third kappa shape index (κ3) is 3.18. The zero-order chi connectivity index (χ0) is 20.6. The van der Waals surface area contributed by atoms with E-state index in [1.54, 1.807) is 6.20 Å². The fourth-order valence-electron chi connectivity index (χ4n) is 4.67. The number of piperidine rings is 1. The number of benzene rings is 2. The summed E-state index contributed by atoms with van der Waals surface area (Å²) in [5.41, 5.74) is 3.41. The Morgan fingerprint density at radius 1 is 0.900 bits per heavy atom. The Kier molecular flexibility index (Phi) is 4.62. The van der Waals surface area contributed by atoms with Crippen molar-refractivity contribution in [3.63, 3.8) is 0 Å². The van der Waals surface area contributed by atoms with Crippen LogP contribution in [0.5, 0.6) is 0 Å². The van der Waals surface area contributed by atoms with Crippen LogP contribution in [0.2, 0.25) is 0 Å². The lowest BCUT2D eigenvalue weighted by Crippen LogP contribution is -2.46. The Morgan fingerprint density at radius 3 is 2.27 bits per heavy atom. The van der Waals surface area contributed by atoms with Gasteiger partial charge in [-0.15, -0.1) is 0 Å². The number of rotatable bonds is 3. The van der Waals surface area contributed by atoms with Crippen LogP contribution in [0.25, 0.3) is 11.1 Å². The number of amides is 2. The first-order chi connectivity index (χ1) is 14.7. The van der Waals surface area contributed by atoms with Gasteiger partial charge in [-0.1, -0.05) is 30.3 Å². The summed E-state index contributed by atoms with van der Waals surface area (Å²) in [7, 11) is 0. The van der Waals surface area contributed by atoms with Crippen molar-refractivity contribution in [2.75, 3.05) is 24.5 Å². The van der Waals surface area contributed by atoms with E-state index in [2.05, 4.69) is 10.2 Å². The van der Waals surface area contributed by atoms with Crippen molar-refractivity contribution in [2.24, 2.45) is 5.41 Å². The molecule has 2 aliphatic rings. The predicted octanol–water partition coefficient (Wildman–Crippen LogP) is 3.74. The van der Waals surface area contributed by atoms with Crippen LogP contribution in [-0.2, 0) is 4.79 Å². The maximum atomic E-state index is 13.4. The van der Waals surface area contributed by atoms with Crippen LogP contribution in [0, 0.1) is 5.41 Å². The number of nitrogens with zero attached hydrogens (tertiary/aromatic N) is 3. The van der Waals surface area contributed by atoms with Crippen LogP contribution >= 0.6 is 0 Å². The highest BCUT2D eigenvalue weighted by Gasteiger charge is 2.49. The smallest absolute Gasteiger partial charge is 0.253 e. The van der Waals surface area contributed by atoms with E-state index in [9.17, 15) is 9.59 Å². The highest BCUT2D eigenvalue weighted by Crippen LogP contribution is 2.43. The van der Waals surface area contributed by atoms with Crippen LogP contribution in [0.4, 0.5) is 5.69 Å². The first-order valence-electron chi connectivity index (χ1n) is 10.4. The summed E-state index contributed by atoms with van der Waals surface area (Å²) in [5.74, 6) is 0.257. The number of H-pyrrole nitrogens is 1. The average molecular weight is 400 g/mol. The van der Waals surface area contributed by atoms with Gasteiger partial charge in [0.15, 0.2) is 0 Å². The lowest BCUT2D eigenvalue weighted by atomic mass is 9.77. The van der Waals surface area contributed by atoms with E-state index < -0.39 is 0 Å². The van der Waals surface area contributed by atoms with Crippen molar-refractivity contribution >= 4 is 17.5 Å². The van der Waals surface area contributed by atoms with Crippen LogP contribution in [0.1, 0.15) is 29.6 Å². The first kappa shape index (κ1) is 18.6. The van der Waals surface area contributed by atoms with Gasteiger partial charge in [0, 0.05) is 42.6 Å². The molecule has 0 radical (unpaired) electrons. The minimum Gasteiger partial charge on any atom is -0.339 e. The molecule has 3 aromatic rings. The van der Waals surface area contributed by atoms with Crippen molar-refractivity contribution in [3.05, 3.63) is 72.6 Å². The third-order valence-electron chi connectivity index (χ3n) is 6.55. The number of nitrogens with one attached hydrogen (secondary N) is 1. The van der Waals surface area contributed by atoms with E-state index in [0.29, 0.717) is 18.7 Å². The number of anilines is 1. The van der Waals surface area contributed by atoms with Gasteiger partial charge in [0.1, 0.15) is 0 Å². The van der Waals surface area contributed by atoms with Gasteiger partial charge in [-0.3, -0.25) is 14.7 Å². The van der Waals surface area contributed by atoms with Crippen molar-refractivity contribution < 1.29 is 9.59 Å². The molecule has 1 spiro atoms. The van der Waals surface area contributed by atoms with Crippen molar-refractivity contribution in [2.45, 2.75) is 19.3 Å². The maximum Gasteiger partial charge on any atom is 0.253 e. The molecular weight excluding hydrogens is 376 g/mol. The van der Waals surface area contributed by atoms with Gasteiger partial charge in [-0.2, -0.15) is 5.10 Å². The van der Waals surface area contributed by atoms with Gasteiger partial charge in [0.25, 0.3) is 5.91 Å². The van der Waals surface area contributed by atoms with Crippen molar-refractivity contribution in [1.82, 2.24) is 15.1 Å². The summed E-state index contributed by atoms with van der Waals surface area (Å²) in [5, 5.41) is 6.81. The standard InChI is InChI=1S/C24H24N4O2/c29-22(19-4-2-1-3-5-19)27-13-10-24(11-14-27)12-15-28(23(24)30)21-8-6-18(7-9-21)20-16-25-26-17-20/h1-9,16-17H,10-15H2,(H,25,26). The minimum atomic E-state index is -0.337. The number of carbonyl (C=O) groups is 2. The monoisotopic (exact) mass is 400 g/mol. The molecule has 6 heteroatoms. The fraction of sp³-hybridized carbons (Fsp3) is 0.292. The molecule has 0 unspecified atom stereocenters. The van der Waals surface area contributed by atoms with Crippen molar-refractivity contribution in [3.8, 4) is 11.1 Å². The molecule has 2 fully saturated rings. The zero-order valence-electron chi connectivity index (χ0n) is 16.8. The molecule has 1 aromatic heterocycles. The largest absolute Gasteiger partial charge is 0.339 e. The second-order valence-electron chi connectivity index (χ2n) is 8.18. The van der Waals surface area contributed by atoms with Gasteiger partial charge in [0.2, 0.25) is 5.91 Å². The van der Waals surface area contributed by atoms with Gasteiger partial charge >= 0.3 is 0 Å². The van der Waals surface area contributed by atoms with Gasteiger partial charge < -0.3 is 9.80 Å². The molecule has 0 saturated carbocycles. The number of carbonyl (C=O) groups excluding carboxylic acids is 2. The van der Waals surface area contributed by atoms with Crippen LogP contribution in [0.3, 0.4) is 0 Å². The van der Waals surface area contributed by atoms with E-state index in [1.807, 2.05) is 70.6 Å². The molecule has 5 rings (SSSR count). The second kappa shape index (κ2) is 7.44. The summed E-state index contributed by atoms with van der Waals surface area (Å²) in [6.45, 7) is 2.00. The van der Waals surface area contributed by atoms with Gasteiger partial charge in [-0.05, 0) is 49.1 Å². The molecule has 2 aromatic carbocycles. The molecule has 6 nitrogen and oxygen atoms in total. The first-order valence-corrected chi connectivity index (χ1v) is 10.4. The molecule has 152 valence electrons. The number of hydrogen-bond acceptors (Lipinski definition) is 3. The van der Waals surface area contributed by atoms with Gasteiger partial charge in [0.05, 0.1) is 11.6 Å². The number of aromatic amines is 1. The number of likely N-dealkylation sites (tertiary alicyclic amines) is 1. The summed E-state index contributed by atoms with van der Waals surface area (Å²) in [4.78, 5) is 29.9.